The molecule has 0 aliphatic heterocycles. The lowest BCUT2D eigenvalue weighted by Crippen LogP contribution is -2.27. The van der Waals surface area contributed by atoms with Crippen LogP contribution in [-0.2, 0) is 4.74 Å². The first-order valence-corrected chi connectivity index (χ1v) is 5.91. The van der Waals surface area contributed by atoms with Crippen LogP contribution in [0.3, 0.4) is 0 Å². The highest BCUT2D eigenvalue weighted by atomic mass is 79.9. The summed E-state index contributed by atoms with van der Waals surface area (Å²) in [7, 11) is 0. The first-order valence-electron chi connectivity index (χ1n) is 5.12. The number of hydrogen-bond donors (Lipinski definition) is 0. The SMILES string of the molecule is CC(C)(C)OC(=O)n1nnc2c(Br)cccc21. The molecule has 1 aromatic carbocycles. The Labute approximate surface area is 107 Å². The fraction of sp³-hybridized carbons (Fsp3) is 0.364. The van der Waals surface area contributed by atoms with Crippen LogP contribution in [-0.4, -0.2) is 26.7 Å². The summed E-state index contributed by atoms with van der Waals surface area (Å²) in [6.07, 6.45) is -0.530. The van der Waals surface area contributed by atoms with E-state index in [1.165, 1.54) is 0 Å². The normalized spacial score (nSPS) is 11.8. The maximum absolute atomic E-state index is 11.9. The molecule has 2 rings (SSSR count). The Bertz CT molecular complexity index is 572. The summed E-state index contributed by atoms with van der Waals surface area (Å²) in [5.41, 5.74) is 0.702. The van der Waals surface area contributed by atoms with E-state index in [0.29, 0.717) is 11.0 Å². The number of carbonyl (C=O) groups excluding carboxylic acids is 1. The molecule has 0 amide bonds. The van der Waals surface area contributed by atoms with Gasteiger partial charge in [0.25, 0.3) is 0 Å². The fourth-order valence-corrected chi connectivity index (χ4v) is 1.79. The zero-order valence-electron chi connectivity index (χ0n) is 9.77. The molecular weight excluding hydrogens is 286 g/mol. The van der Waals surface area contributed by atoms with Gasteiger partial charge in [-0.3, -0.25) is 0 Å². The van der Waals surface area contributed by atoms with Crippen LogP contribution in [0, 0.1) is 0 Å². The molecule has 90 valence electrons. The van der Waals surface area contributed by atoms with Crippen molar-refractivity contribution in [3.8, 4) is 0 Å². The monoisotopic (exact) mass is 297 g/mol. The van der Waals surface area contributed by atoms with Gasteiger partial charge in [0.1, 0.15) is 16.6 Å². The minimum absolute atomic E-state index is 0.530. The van der Waals surface area contributed by atoms with Gasteiger partial charge in [-0.25, -0.2) is 4.79 Å². The highest BCUT2D eigenvalue weighted by Gasteiger charge is 2.21. The molecule has 0 spiro atoms. The molecule has 0 aliphatic rings. The molecule has 6 heteroatoms. The standard InChI is InChI=1S/C11H12BrN3O2/c1-11(2,3)17-10(16)15-8-6-4-5-7(12)9(8)13-14-15/h4-6H,1-3H3. The predicted octanol–water partition coefficient (Wildman–Crippen LogP) is 2.98. The topological polar surface area (TPSA) is 57.0 Å². The average Bonchev–Trinajstić information content (AvgIpc) is 2.60. The number of ether oxygens (including phenoxy) is 1. The Balaban J connectivity index is 2.43. The van der Waals surface area contributed by atoms with Crippen molar-refractivity contribution in [2.75, 3.05) is 0 Å². The van der Waals surface area contributed by atoms with Gasteiger partial charge < -0.3 is 4.74 Å². The Hall–Kier alpha value is -1.43. The van der Waals surface area contributed by atoms with Crippen molar-refractivity contribution in [1.29, 1.82) is 0 Å². The number of rotatable bonds is 0. The van der Waals surface area contributed by atoms with E-state index in [1.54, 1.807) is 26.8 Å². The third-order valence-electron chi connectivity index (χ3n) is 1.99. The number of nitrogens with zero attached hydrogens (tertiary/aromatic N) is 3. The molecule has 0 aliphatic carbocycles. The van der Waals surface area contributed by atoms with Crippen LogP contribution in [0.25, 0.3) is 11.0 Å². The van der Waals surface area contributed by atoms with E-state index in [2.05, 4.69) is 26.2 Å². The van der Waals surface area contributed by atoms with Crippen LogP contribution in [0.1, 0.15) is 20.8 Å². The average molecular weight is 298 g/mol. The third kappa shape index (κ3) is 2.46. The Morgan fingerprint density at radius 1 is 1.41 bits per heavy atom. The van der Waals surface area contributed by atoms with Gasteiger partial charge in [-0.15, -0.1) is 9.78 Å². The van der Waals surface area contributed by atoms with Gasteiger partial charge in [0, 0.05) is 4.47 Å². The molecule has 0 bridgehead atoms. The number of aromatic nitrogens is 3. The lowest BCUT2D eigenvalue weighted by Gasteiger charge is -2.18. The molecule has 0 radical (unpaired) electrons. The number of benzene rings is 1. The first-order chi connectivity index (χ1) is 7.88. The van der Waals surface area contributed by atoms with Crippen LogP contribution in [0.2, 0.25) is 0 Å². The van der Waals surface area contributed by atoms with Gasteiger partial charge >= 0.3 is 6.09 Å². The molecule has 0 N–H and O–H groups in total. The Morgan fingerprint density at radius 2 is 2.12 bits per heavy atom. The van der Waals surface area contributed by atoms with Gasteiger partial charge in [-0.05, 0) is 48.8 Å². The zero-order valence-corrected chi connectivity index (χ0v) is 11.4. The lowest BCUT2D eigenvalue weighted by atomic mass is 10.2. The quantitative estimate of drug-likeness (QED) is 0.750. The second-order valence-corrected chi connectivity index (χ2v) is 5.44. The number of hydrogen-bond acceptors (Lipinski definition) is 4. The second kappa shape index (κ2) is 4.10. The molecule has 0 atom stereocenters. The van der Waals surface area contributed by atoms with E-state index in [1.807, 2.05) is 12.1 Å². The maximum Gasteiger partial charge on any atom is 0.437 e. The van der Waals surface area contributed by atoms with E-state index < -0.39 is 11.7 Å². The number of carbonyl (C=O) groups is 1. The minimum atomic E-state index is -0.554. The number of halogens is 1. The molecule has 0 saturated carbocycles. The van der Waals surface area contributed by atoms with E-state index >= 15 is 0 Å². The number of fused-ring (bicyclic) bond motifs is 1. The summed E-state index contributed by atoms with van der Waals surface area (Å²) in [5.74, 6) is 0. The van der Waals surface area contributed by atoms with Gasteiger partial charge in [0.2, 0.25) is 0 Å². The van der Waals surface area contributed by atoms with E-state index in [4.69, 9.17) is 4.74 Å². The molecule has 2 aromatic rings. The summed E-state index contributed by atoms with van der Waals surface area (Å²) in [6.45, 7) is 5.42. The third-order valence-corrected chi connectivity index (χ3v) is 2.63. The zero-order chi connectivity index (χ0) is 12.6. The second-order valence-electron chi connectivity index (χ2n) is 4.59. The van der Waals surface area contributed by atoms with Gasteiger partial charge in [0.05, 0.1) is 0 Å². The van der Waals surface area contributed by atoms with Crippen molar-refractivity contribution >= 4 is 33.1 Å². The van der Waals surface area contributed by atoms with Gasteiger partial charge in [0.15, 0.2) is 0 Å². The van der Waals surface area contributed by atoms with Crippen molar-refractivity contribution in [2.24, 2.45) is 0 Å². The smallest absolute Gasteiger partial charge is 0.437 e. The molecule has 17 heavy (non-hydrogen) atoms. The van der Waals surface area contributed by atoms with Gasteiger partial charge in [-0.2, -0.15) is 0 Å². The van der Waals surface area contributed by atoms with E-state index in [0.717, 1.165) is 9.15 Å². The summed E-state index contributed by atoms with van der Waals surface area (Å²) >= 11 is 3.35. The van der Waals surface area contributed by atoms with Crippen LogP contribution in [0.15, 0.2) is 22.7 Å². The molecule has 0 saturated heterocycles. The van der Waals surface area contributed by atoms with Crippen molar-refractivity contribution in [1.82, 2.24) is 15.0 Å². The summed E-state index contributed by atoms with van der Waals surface area (Å²) < 4.78 is 7.19. The summed E-state index contributed by atoms with van der Waals surface area (Å²) in [4.78, 5) is 11.9. The van der Waals surface area contributed by atoms with E-state index in [-0.39, 0.29) is 0 Å². The molecule has 1 aromatic heterocycles. The predicted molar refractivity (Wildman–Crippen MR) is 66.9 cm³/mol. The Kier molecular flexibility index (Phi) is 2.91. The fourth-order valence-electron chi connectivity index (χ4n) is 1.35. The Morgan fingerprint density at radius 3 is 2.76 bits per heavy atom. The van der Waals surface area contributed by atoms with Crippen LogP contribution >= 0.6 is 15.9 Å². The van der Waals surface area contributed by atoms with Crippen molar-refractivity contribution < 1.29 is 9.53 Å². The van der Waals surface area contributed by atoms with Crippen LogP contribution in [0.4, 0.5) is 4.79 Å². The molecule has 0 fully saturated rings. The van der Waals surface area contributed by atoms with Crippen molar-refractivity contribution in [3.63, 3.8) is 0 Å². The molecule has 1 heterocycles. The van der Waals surface area contributed by atoms with Gasteiger partial charge in [-0.1, -0.05) is 11.3 Å². The molecular formula is C11H12BrN3O2. The van der Waals surface area contributed by atoms with Crippen LogP contribution < -0.4 is 0 Å². The minimum Gasteiger partial charge on any atom is -0.442 e. The van der Waals surface area contributed by atoms with E-state index in [9.17, 15) is 4.79 Å². The maximum atomic E-state index is 11.9. The largest absolute Gasteiger partial charge is 0.442 e. The highest BCUT2D eigenvalue weighted by molar-refractivity contribution is 9.10. The van der Waals surface area contributed by atoms with Crippen molar-refractivity contribution in [3.05, 3.63) is 22.7 Å². The van der Waals surface area contributed by atoms with Crippen LogP contribution in [0.5, 0.6) is 0 Å². The molecule has 0 unspecified atom stereocenters. The highest BCUT2D eigenvalue weighted by Crippen LogP contribution is 2.21. The molecule has 5 nitrogen and oxygen atoms in total. The first kappa shape index (κ1) is 12.0. The summed E-state index contributed by atoms with van der Waals surface area (Å²) in [5, 5.41) is 7.74. The lowest BCUT2D eigenvalue weighted by molar-refractivity contribution is 0.0519. The van der Waals surface area contributed by atoms with Crippen molar-refractivity contribution in [2.45, 2.75) is 26.4 Å². The summed E-state index contributed by atoms with van der Waals surface area (Å²) in [6, 6.07) is 5.43.